The molecule has 0 bridgehead atoms. The summed E-state index contributed by atoms with van der Waals surface area (Å²) in [4.78, 5) is 17.4. The number of methoxy groups -OCH3 is 1. The number of carbonyl (C=O) groups excluding carboxylic acids is 1. The lowest BCUT2D eigenvalue weighted by atomic mass is 10.2. The van der Waals surface area contributed by atoms with Crippen LogP contribution in [0.3, 0.4) is 0 Å². The van der Waals surface area contributed by atoms with Crippen LogP contribution in [0.4, 0.5) is 11.4 Å². The van der Waals surface area contributed by atoms with Gasteiger partial charge in [-0.2, -0.15) is 5.06 Å². The van der Waals surface area contributed by atoms with Crippen molar-refractivity contribution in [2.45, 2.75) is 19.4 Å². The van der Waals surface area contributed by atoms with Crippen LogP contribution in [0.15, 0.2) is 18.2 Å². The number of carbonyl (C=O) groups is 1. The van der Waals surface area contributed by atoms with Crippen molar-refractivity contribution in [3.8, 4) is 5.75 Å². The van der Waals surface area contributed by atoms with Crippen molar-refractivity contribution >= 4 is 17.3 Å². The molecule has 6 heteroatoms. The molecule has 1 amide bonds. The van der Waals surface area contributed by atoms with Crippen molar-refractivity contribution in [3.63, 3.8) is 0 Å². The molecule has 3 N–H and O–H groups in total. The highest BCUT2D eigenvalue weighted by Crippen LogP contribution is 2.24. The Hall–Kier alpha value is -1.79. The summed E-state index contributed by atoms with van der Waals surface area (Å²) in [6.45, 7) is 3.25. The molecule has 1 atom stereocenters. The second kappa shape index (κ2) is 5.90. The molecule has 1 heterocycles. The number of nitrogen functional groups attached to an aromatic ring is 1. The van der Waals surface area contributed by atoms with E-state index in [0.717, 1.165) is 13.0 Å². The van der Waals surface area contributed by atoms with Crippen molar-refractivity contribution in [3.05, 3.63) is 18.2 Å². The lowest BCUT2D eigenvalue weighted by molar-refractivity contribution is -0.154. The lowest BCUT2D eigenvalue weighted by Crippen LogP contribution is -2.39. The number of anilines is 2. The molecule has 1 unspecified atom stereocenters. The minimum atomic E-state index is -0.344. The highest BCUT2D eigenvalue weighted by Gasteiger charge is 2.25. The summed E-state index contributed by atoms with van der Waals surface area (Å²) in [5, 5.41) is 4.49. The van der Waals surface area contributed by atoms with Gasteiger partial charge in [0.15, 0.2) is 0 Å². The van der Waals surface area contributed by atoms with Crippen LogP contribution >= 0.6 is 0 Å². The van der Waals surface area contributed by atoms with Gasteiger partial charge in [-0.3, -0.25) is 9.63 Å². The molecule has 1 aromatic rings. The number of benzene rings is 1. The molecule has 1 aromatic carbocycles. The highest BCUT2D eigenvalue weighted by molar-refractivity contribution is 5.97. The van der Waals surface area contributed by atoms with E-state index in [4.69, 9.17) is 15.3 Å². The maximum Gasteiger partial charge on any atom is 0.243 e. The molecule has 6 nitrogen and oxygen atoms in total. The number of nitrogens with one attached hydrogen (secondary N) is 1. The van der Waals surface area contributed by atoms with Gasteiger partial charge in [0.25, 0.3) is 0 Å². The topological polar surface area (TPSA) is 76.8 Å². The molecule has 104 valence electrons. The molecule has 0 radical (unpaired) electrons. The average molecular weight is 265 g/mol. The Bertz CT molecular complexity index is 458. The lowest BCUT2D eigenvalue weighted by Gasteiger charge is -2.21. The van der Waals surface area contributed by atoms with Gasteiger partial charge in [0.2, 0.25) is 5.91 Å². The summed E-state index contributed by atoms with van der Waals surface area (Å²) < 4.78 is 5.06. The van der Waals surface area contributed by atoms with E-state index in [0.29, 0.717) is 23.7 Å². The summed E-state index contributed by atoms with van der Waals surface area (Å²) in [7, 11) is 1.57. The van der Waals surface area contributed by atoms with Crippen LogP contribution < -0.4 is 15.8 Å². The first-order valence-electron chi connectivity index (χ1n) is 6.25. The quantitative estimate of drug-likeness (QED) is 0.801. The van der Waals surface area contributed by atoms with Gasteiger partial charge in [0, 0.05) is 12.6 Å². The van der Waals surface area contributed by atoms with Gasteiger partial charge in [0.05, 0.1) is 25.1 Å². The number of amides is 1. The van der Waals surface area contributed by atoms with Crippen molar-refractivity contribution in [2.24, 2.45) is 0 Å². The van der Waals surface area contributed by atoms with Crippen LogP contribution in [-0.2, 0) is 9.63 Å². The Morgan fingerprint density at radius 3 is 2.95 bits per heavy atom. The van der Waals surface area contributed by atoms with Crippen LogP contribution in [0.2, 0.25) is 0 Å². The largest absolute Gasteiger partial charge is 0.497 e. The van der Waals surface area contributed by atoms with Crippen molar-refractivity contribution in [1.29, 1.82) is 0 Å². The predicted octanol–water partition coefficient (Wildman–Crippen LogP) is 1.24. The highest BCUT2D eigenvalue weighted by atomic mass is 16.7. The number of hydroxylamine groups is 2. The summed E-state index contributed by atoms with van der Waals surface area (Å²) >= 11 is 0. The normalized spacial score (nSPS) is 17.2. The van der Waals surface area contributed by atoms with Gasteiger partial charge in [-0.05, 0) is 25.5 Å². The van der Waals surface area contributed by atoms with Gasteiger partial charge in [-0.15, -0.1) is 0 Å². The molecule has 19 heavy (non-hydrogen) atoms. The summed E-state index contributed by atoms with van der Waals surface area (Å²) in [5.74, 6) is 0.519. The second-order valence-electron chi connectivity index (χ2n) is 4.45. The third kappa shape index (κ3) is 3.15. The molecule has 0 spiro atoms. The van der Waals surface area contributed by atoms with Crippen molar-refractivity contribution in [2.75, 3.05) is 31.3 Å². The monoisotopic (exact) mass is 265 g/mol. The fourth-order valence-electron chi connectivity index (χ4n) is 1.92. The zero-order chi connectivity index (χ0) is 13.8. The fraction of sp³-hybridized carbons (Fsp3) is 0.462. The molecular weight excluding hydrogens is 246 g/mol. The maximum absolute atomic E-state index is 12.1. The Morgan fingerprint density at radius 1 is 1.58 bits per heavy atom. The zero-order valence-corrected chi connectivity index (χ0v) is 11.2. The van der Waals surface area contributed by atoms with Gasteiger partial charge in [-0.1, -0.05) is 0 Å². The van der Waals surface area contributed by atoms with Crippen LogP contribution in [0.25, 0.3) is 0 Å². The second-order valence-corrected chi connectivity index (χ2v) is 4.45. The number of hydrogen-bond donors (Lipinski definition) is 2. The number of hydrogen-bond acceptors (Lipinski definition) is 5. The first kappa shape index (κ1) is 13.6. The third-order valence-electron chi connectivity index (χ3n) is 3.11. The Kier molecular flexibility index (Phi) is 4.24. The van der Waals surface area contributed by atoms with Gasteiger partial charge in [0.1, 0.15) is 11.8 Å². The Labute approximate surface area is 112 Å². The molecular formula is C13H19N3O3. The first-order chi connectivity index (χ1) is 9.11. The van der Waals surface area contributed by atoms with Crippen LogP contribution in [-0.4, -0.2) is 37.3 Å². The van der Waals surface area contributed by atoms with E-state index in [1.807, 2.05) is 0 Å². The summed E-state index contributed by atoms with van der Waals surface area (Å²) in [5.41, 5.74) is 6.91. The van der Waals surface area contributed by atoms with Crippen molar-refractivity contribution in [1.82, 2.24) is 5.06 Å². The Morgan fingerprint density at radius 2 is 2.37 bits per heavy atom. The van der Waals surface area contributed by atoms with E-state index in [1.54, 1.807) is 37.3 Å². The molecule has 1 aliphatic heterocycles. The Balaban J connectivity index is 2.01. The van der Waals surface area contributed by atoms with E-state index in [-0.39, 0.29) is 11.9 Å². The van der Waals surface area contributed by atoms with Gasteiger partial charge in [-0.25, -0.2) is 0 Å². The fourth-order valence-corrected chi connectivity index (χ4v) is 1.92. The maximum atomic E-state index is 12.1. The first-order valence-corrected chi connectivity index (χ1v) is 6.25. The minimum absolute atomic E-state index is 0.140. The van der Waals surface area contributed by atoms with Crippen LogP contribution in [0.1, 0.15) is 13.3 Å². The molecule has 0 saturated carbocycles. The molecule has 1 saturated heterocycles. The van der Waals surface area contributed by atoms with E-state index in [2.05, 4.69) is 5.32 Å². The van der Waals surface area contributed by atoms with E-state index in [9.17, 15) is 4.79 Å². The molecule has 0 aromatic heterocycles. The number of nitrogens with two attached hydrogens (primary N) is 1. The standard InChI is InChI=1S/C13H19N3O3/c1-9(16-6-3-7-19-16)13(17)15-12-5-4-10(18-2)8-11(12)14/h4-5,8-9H,3,6-7,14H2,1-2H3,(H,15,17). The molecule has 1 aliphatic rings. The van der Waals surface area contributed by atoms with E-state index in [1.165, 1.54) is 0 Å². The SMILES string of the molecule is COc1ccc(NC(=O)C(C)N2CCCO2)c(N)c1. The van der Waals surface area contributed by atoms with Crippen LogP contribution in [0.5, 0.6) is 5.75 Å². The molecule has 1 fully saturated rings. The van der Waals surface area contributed by atoms with E-state index >= 15 is 0 Å². The van der Waals surface area contributed by atoms with Crippen molar-refractivity contribution < 1.29 is 14.4 Å². The van der Waals surface area contributed by atoms with E-state index < -0.39 is 0 Å². The average Bonchev–Trinajstić information content (AvgIpc) is 2.94. The number of ether oxygens (including phenoxy) is 1. The zero-order valence-electron chi connectivity index (χ0n) is 11.2. The smallest absolute Gasteiger partial charge is 0.243 e. The van der Waals surface area contributed by atoms with Gasteiger partial charge < -0.3 is 15.8 Å². The third-order valence-corrected chi connectivity index (χ3v) is 3.11. The predicted molar refractivity (Wildman–Crippen MR) is 72.8 cm³/mol. The molecule has 0 aliphatic carbocycles. The molecule has 2 rings (SSSR count). The number of nitrogens with zero attached hydrogens (tertiary/aromatic N) is 1. The summed E-state index contributed by atoms with van der Waals surface area (Å²) in [6.07, 6.45) is 0.947. The summed E-state index contributed by atoms with van der Waals surface area (Å²) in [6, 6.07) is 4.81. The number of rotatable bonds is 4. The minimum Gasteiger partial charge on any atom is -0.497 e. The van der Waals surface area contributed by atoms with Crippen LogP contribution in [0, 0.1) is 0 Å². The van der Waals surface area contributed by atoms with Gasteiger partial charge >= 0.3 is 0 Å².